The number of amides is 2. The van der Waals surface area contributed by atoms with Crippen molar-refractivity contribution in [2.75, 3.05) is 32.6 Å². The van der Waals surface area contributed by atoms with Crippen LogP contribution in [0.5, 0.6) is 5.75 Å². The van der Waals surface area contributed by atoms with Crippen molar-refractivity contribution in [2.45, 2.75) is 31.2 Å². The second-order valence-corrected chi connectivity index (χ2v) is 7.09. The summed E-state index contributed by atoms with van der Waals surface area (Å²) in [5.41, 5.74) is -0.259. The molecule has 8 heteroatoms. The average Bonchev–Trinajstić information content (AvgIpc) is 3.03. The molecule has 1 aromatic carbocycles. The Hall–Kier alpha value is -2.30. The summed E-state index contributed by atoms with van der Waals surface area (Å²) in [5.74, 6) is 0.0288. The van der Waals surface area contributed by atoms with Crippen LogP contribution in [-0.4, -0.2) is 44.6 Å². The van der Waals surface area contributed by atoms with Crippen molar-refractivity contribution in [2.24, 2.45) is 0 Å². The van der Waals surface area contributed by atoms with Gasteiger partial charge < -0.3 is 20.3 Å². The molecule has 2 amide bonds. The first-order valence-corrected chi connectivity index (χ1v) is 8.92. The number of nitriles is 1. The molecule has 0 bridgehead atoms. The molecule has 1 aliphatic rings. The number of quaternary nitrogens is 1. The lowest BCUT2D eigenvalue weighted by molar-refractivity contribution is -0.862. The number of rotatable bonds is 7. The zero-order chi connectivity index (χ0) is 19.2. The maximum absolute atomic E-state index is 12.2. The fourth-order valence-corrected chi connectivity index (χ4v) is 3.31. The quantitative estimate of drug-likeness (QED) is 0.651. The molecule has 1 aromatic rings. The van der Waals surface area contributed by atoms with Crippen LogP contribution in [0.1, 0.15) is 25.7 Å². The molecule has 26 heavy (non-hydrogen) atoms. The fourth-order valence-electron chi connectivity index (χ4n) is 3.14. The number of nitrogens with zero attached hydrogens (tertiary/aromatic N) is 1. The van der Waals surface area contributed by atoms with Crippen molar-refractivity contribution in [1.29, 1.82) is 5.26 Å². The van der Waals surface area contributed by atoms with Gasteiger partial charge in [0.25, 0.3) is 11.8 Å². The fraction of sp³-hybridized carbons (Fsp3) is 0.500. The van der Waals surface area contributed by atoms with Crippen LogP contribution in [0.15, 0.2) is 18.2 Å². The molecule has 0 radical (unpaired) electrons. The predicted octanol–water partition coefficient (Wildman–Crippen LogP) is 0.754. The Balaban J connectivity index is 1.86. The Kier molecular flexibility index (Phi) is 6.83. The van der Waals surface area contributed by atoms with Gasteiger partial charge in [-0.25, -0.2) is 0 Å². The lowest BCUT2D eigenvalue weighted by atomic mass is 10.00. The van der Waals surface area contributed by atoms with E-state index >= 15 is 0 Å². The van der Waals surface area contributed by atoms with Crippen LogP contribution in [0.3, 0.4) is 0 Å². The number of hydrogen-bond donors (Lipinski definition) is 3. The van der Waals surface area contributed by atoms with Gasteiger partial charge in [-0.15, -0.1) is 0 Å². The number of likely N-dealkylation sites (N-methyl/N-ethyl adjacent to an activating group) is 1. The van der Waals surface area contributed by atoms with E-state index in [2.05, 4.69) is 16.7 Å². The minimum absolute atomic E-state index is 0.0998. The van der Waals surface area contributed by atoms with E-state index in [1.54, 1.807) is 25.2 Å². The summed E-state index contributed by atoms with van der Waals surface area (Å²) in [5, 5.41) is 15.4. The van der Waals surface area contributed by atoms with Gasteiger partial charge in [0, 0.05) is 5.02 Å². The third kappa shape index (κ3) is 5.35. The highest BCUT2D eigenvalue weighted by Gasteiger charge is 2.36. The van der Waals surface area contributed by atoms with Gasteiger partial charge >= 0.3 is 0 Å². The summed E-state index contributed by atoms with van der Waals surface area (Å²) in [4.78, 5) is 25.2. The van der Waals surface area contributed by atoms with Crippen LogP contribution in [-0.2, 0) is 9.59 Å². The van der Waals surface area contributed by atoms with Gasteiger partial charge in [0.2, 0.25) is 0 Å². The van der Waals surface area contributed by atoms with Crippen LogP contribution < -0.4 is 20.3 Å². The molecular weight excluding hydrogens is 356 g/mol. The number of methoxy groups -OCH3 is 1. The monoisotopic (exact) mass is 379 g/mol. The lowest BCUT2D eigenvalue weighted by Gasteiger charge is -2.23. The van der Waals surface area contributed by atoms with Gasteiger partial charge in [-0.05, 0) is 43.9 Å². The minimum Gasteiger partial charge on any atom is -0.495 e. The maximum atomic E-state index is 12.2. The van der Waals surface area contributed by atoms with Gasteiger partial charge in [-0.1, -0.05) is 11.6 Å². The van der Waals surface area contributed by atoms with Crippen molar-refractivity contribution in [3.63, 3.8) is 0 Å². The molecule has 0 saturated heterocycles. The molecule has 0 aliphatic heterocycles. The van der Waals surface area contributed by atoms with Crippen LogP contribution in [0.25, 0.3) is 0 Å². The van der Waals surface area contributed by atoms with Crippen molar-refractivity contribution >= 4 is 29.1 Å². The average molecular weight is 380 g/mol. The first-order valence-electron chi connectivity index (χ1n) is 8.54. The summed E-state index contributed by atoms with van der Waals surface area (Å²) < 4.78 is 5.19. The molecule has 7 nitrogen and oxygen atoms in total. The van der Waals surface area contributed by atoms with E-state index in [0.29, 0.717) is 34.2 Å². The van der Waals surface area contributed by atoms with E-state index < -0.39 is 5.54 Å². The standard InChI is InChI=1S/C18H23ClN4O3/c1-23(11-17(25)22-18(12-20)7-3-4-8-18)10-16(24)21-14-9-13(19)5-6-15(14)26-2/h5-6,9H,3-4,7-8,10-11H2,1-2H3,(H,21,24)(H,22,25)/p+1. The molecule has 1 fully saturated rings. The Morgan fingerprint density at radius 1 is 1.31 bits per heavy atom. The van der Waals surface area contributed by atoms with Gasteiger partial charge in [0.1, 0.15) is 11.3 Å². The van der Waals surface area contributed by atoms with Crippen LogP contribution in [0.2, 0.25) is 5.02 Å². The van der Waals surface area contributed by atoms with E-state index in [-0.39, 0.29) is 24.9 Å². The van der Waals surface area contributed by atoms with Crippen LogP contribution in [0, 0.1) is 11.3 Å². The minimum atomic E-state index is -0.742. The third-order valence-electron chi connectivity index (χ3n) is 4.41. The Labute approximate surface area is 158 Å². The topological polar surface area (TPSA) is 95.7 Å². The SMILES string of the molecule is COc1ccc(Cl)cc1NC(=O)C[NH+](C)CC(=O)NC1(C#N)CCCC1. The second kappa shape index (κ2) is 8.88. The number of halogens is 1. The van der Waals surface area contributed by atoms with Crippen molar-refractivity contribution in [3.05, 3.63) is 23.2 Å². The first-order chi connectivity index (χ1) is 12.4. The number of ether oxygens (including phenoxy) is 1. The van der Waals surface area contributed by atoms with Crippen LogP contribution in [0.4, 0.5) is 5.69 Å². The van der Waals surface area contributed by atoms with E-state index in [9.17, 15) is 14.9 Å². The Morgan fingerprint density at radius 3 is 2.58 bits per heavy atom. The molecule has 140 valence electrons. The van der Waals surface area contributed by atoms with Gasteiger partial charge in [-0.2, -0.15) is 5.26 Å². The maximum Gasteiger partial charge on any atom is 0.279 e. The molecule has 1 atom stereocenters. The zero-order valence-electron chi connectivity index (χ0n) is 15.0. The highest BCUT2D eigenvalue weighted by atomic mass is 35.5. The van der Waals surface area contributed by atoms with Crippen LogP contribution >= 0.6 is 11.6 Å². The number of anilines is 1. The number of hydrogen-bond acceptors (Lipinski definition) is 4. The number of carbonyl (C=O) groups is 2. The van der Waals surface area contributed by atoms with E-state index in [1.807, 2.05) is 0 Å². The normalized spacial score (nSPS) is 16.4. The first kappa shape index (κ1) is 20.0. The zero-order valence-corrected chi connectivity index (χ0v) is 15.8. The highest BCUT2D eigenvalue weighted by Crippen LogP contribution is 2.29. The number of carbonyl (C=O) groups excluding carboxylic acids is 2. The smallest absolute Gasteiger partial charge is 0.279 e. The van der Waals surface area contributed by atoms with Crippen molar-refractivity contribution in [1.82, 2.24) is 5.32 Å². The van der Waals surface area contributed by atoms with Crippen molar-refractivity contribution < 1.29 is 19.2 Å². The summed E-state index contributed by atoms with van der Waals surface area (Å²) in [6.07, 6.45) is 3.26. The van der Waals surface area contributed by atoms with Gasteiger partial charge in [-0.3, -0.25) is 9.59 Å². The van der Waals surface area contributed by atoms with Crippen molar-refractivity contribution in [3.8, 4) is 11.8 Å². The highest BCUT2D eigenvalue weighted by molar-refractivity contribution is 6.31. The number of nitrogens with one attached hydrogen (secondary N) is 3. The molecule has 3 N–H and O–H groups in total. The van der Waals surface area contributed by atoms with Gasteiger partial charge in [0.15, 0.2) is 13.1 Å². The molecular formula is C18H24ClN4O3+. The molecule has 2 rings (SSSR count). The van der Waals surface area contributed by atoms with E-state index in [1.165, 1.54) is 7.11 Å². The largest absolute Gasteiger partial charge is 0.495 e. The summed E-state index contributed by atoms with van der Waals surface area (Å²) >= 11 is 5.95. The number of benzene rings is 1. The predicted molar refractivity (Wildman–Crippen MR) is 98.2 cm³/mol. The molecule has 0 spiro atoms. The molecule has 0 aromatic heterocycles. The lowest BCUT2D eigenvalue weighted by Crippen LogP contribution is -3.11. The molecule has 1 saturated carbocycles. The molecule has 1 aliphatic carbocycles. The second-order valence-electron chi connectivity index (χ2n) is 6.65. The van der Waals surface area contributed by atoms with E-state index in [4.69, 9.17) is 16.3 Å². The van der Waals surface area contributed by atoms with E-state index in [0.717, 1.165) is 12.8 Å². The molecule has 0 heterocycles. The summed E-state index contributed by atoms with van der Waals surface area (Å²) in [6.45, 7) is 0.214. The third-order valence-corrected chi connectivity index (χ3v) is 4.65. The molecule has 1 unspecified atom stereocenters. The van der Waals surface area contributed by atoms with Gasteiger partial charge in [0.05, 0.1) is 25.9 Å². The Morgan fingerprint density at radius 2 is 1.96 bits per heavy atom. The summed E-state index contributed by atoms with van der Waals surface area (Å²) in [7, 11) is 3.26. The summed E-state index contributed by atoms with van der Waals surface area (Å²) in [6, 6.07) is 7.18. The Bertz CT molecular complexity index is 711.